The van der Waals surface area contributed by atoms with Gasteiger partial charge in [-0.2, -0.15) is 0 Å². The second-order valence-corrected chi connectivity index (χ2v) is 11.1. The van der Waals surface area contributed by atoms with Crippen LogP contribution >= 0.6 is 0 Å². The van der Waals surface area contributed by atoms with Gasteiger partial charge in [-0.05, 0) is 55.8 Å². The van der Waals surface area contributed by atoms with Crippen molar-refractivity contribution in [3.63, 3.8) is 0 Å². The zero-order chi connectivity index (χ0) is 30.9. The molecule has 1 heterocycles. The monoisotopic (exact) mass is 577 g/mol. The summed E-state index contributed by atoms with van der Waals surface area (Å²) in [5, 5.41) is 42.6. The largest absolute Gasteiger partial charge is 0.508 e. The molecule has 0 aromatic heterocycles. The van der Waals surface area contributed by atoms with E-state index in [1.54, 1.807) is 39.8 Å². The smallest absolute Gasteiger partial charge is 0.326 e. The lowest BCUT2D eigenvalue weighted by Crippen LogP contribution is -2.62. The van der Waals surface area contributed by atoms with E-state index >= 15 is 0 Å². The highest BCUT2D eigenvalue weighted by Crippen LogP contribution is 2.13. The number of carboxylic acid groups (broad SMARTS) is 1. The van der Waals surface area contributed by atoms with Gasteiger partial charge >= 0.3 is 5.97 Å². The Labute approximate surface area is 239 Å². The lowest BCUT2D eigenvalue weighted by atomic mass is 9.99. The molecule has 0 saturated carbocycles. The summed E-state index contributed by atoms with van der Waals surface area (Å²) >= 11 is 0. The van der Waals surface area contributed by atoms with Crippen molar-refractivity contribution < 1.29 is 39.3 Å². The highest BCUT2D eigenvalue weighted by Gasteiger charge is 2.35. The van der Waals surface area contributed by atoms with Crippen molar-refractivity contribution in [3.8, 4) is 5.75 Å². The van der Waals surface area contributed by atoms with E-state index in [1.165, 1.54) is 19.1 Å². The number of amides is 4. The molecule has 0 unspecified atom stereocenters. The van der Waals surface area contributed by atoms with Crippen LogP contribution in [-0.4, -0.2) is 87.8 Å². The van der Waals surface area contributed by atoms with Crippen LogP contribution in [0, 0.1) is 11.8 Å². The normalized spacial score (nSPS) is 18.6. The summed E-state index contributed by atoms with van der Waals surface area (Å²) in [5.74, 6) is -4.73. The average Bonchev–Trinajstić information content (AvgIpc) is 3.44. The molecule has 6 atom stereocenters. The van der Waals surface area contributed by atoms with Gasteiger partial charge in [0.2, 0.25) is 23.6 Å². The maximum Gasteiger partial charge on any atom is 0.326 e. The molecule has 1 aliphatic heterocycles. The summed E-state index contributed by atoms with van der Waals surface area (Å²) in [5.41, 5.74) is 0.635. The van der Waals surface area contributed by atoms with Gasteiger partial charge in [-0.15, -0.1) is 0 Å². The molecule has 1 fully saturated rings. The first kappa shape index (κ1) is 33.5. The van der Waals surface area contributed by atoms with Crippen molar-refractivity contribution in [1.29, 1.82) is 0 Å². The van der Waals surface area contributed by atoms with Crippen molar-refractivity contribution >= 4 is 29.6 Å². The minimum atomic E-state index is -1.49. The number of rotatable bonds is 14. The summed E-state index contributed by atoms with van der Waals surface area (Å²) in [6.07, 6.45) is 0.0861. The molecular weight excluding hydrogens is 534 g/mol. The minimum Gasteiger partial charge on any atom is -0.508 e. The van der Waals surface area contributed by atoms with Gasteiger partial charge in [0.25, 0.3) is 0 Å². The molecule has 41 heavy (non-hydrogen) atoms. The van der Waals surface area contributed by atoms with E-state index in [4.69, 9.17) is 0 Å². The van der Waals surface area contributed by atoms with Gasteiger partial charge in [-0.25, -0.2) is 4.79 Å². The van der Waals surface area contributed by atoms with E-state index in [1.807, 2.05) is 0 Å². The maximum atomic E-state index is 13.4. The molecule has 0 spiro atoms. The van der Waals surface area contributed by atoms with E-state index in [2.05, 4.69) is 26.6 Å². The number of carbonyl (C=O) groups is 5. The molecular formula is C28H43N5O8. The second-order valence-electron chi connectivity index (χ2n) is 11.1. The number of aromatic hydroxyl groups is 1. The highest BCUT2D eigenvalue weighted by molar-refractivity contribution is 5.96. The lowest BCUT2D eigenvalue weighted by Gasteiger charge is -2.29. The number of hydrogen-bond donors (Lipinski definition) is 8. The molecule has 0 aliphatic carbocycles. The summed E-state index contributed by atoms with van der Waals surface area (Å²) in [6, 6.07) is 0.699. The molecule has 1 saturated heterocycles. The van der Waals surface area contributed by atoms with Crippen molar-refractivity contribution in [1.82, 2.24) is 26.6 Å². The summed E-state index contributed by atoms with van der Waals surface area (Å²) in [7, 11) is 0. The first-order chi connectivity index (χ1) is 19.2. The zero-order valence-corrected chi connectivity index (χ0v) is 24.1. The SMILES string of the molecule is CC(C)[C@H](NC(=O)[C@@H](NC(=O)[C@@H](NC(=O)[C@H](Cc1ccc(O)cc1)NC(=O)[C@@H]1CCCN1)[C@@H](C)O)C(C)C)C(=O)O. The van der Waals surface area contributed by atoms with Crippen molar-refractivity contribution in [2.45, 2.75) is 90.2 Å². The van der Waals surface area contributed by atoms with Crippen LogP contribution in [0.4, 0.5) is 0 Å². The first-order valence-electron chi connectivity index (χ1n) is 13.8. The van der Waals surface area contributed by atoms with Crippen LogP contribution in [0.5, 0.6) is 5.75 Å². The Bertz CT molecular complexity index is 1070. The number of hydrogen-bond acceptors (Lipinski definition) is 8. The van der Waals surface area contributed by atoms with Crippen LogP contribution in [0.1, 0.15) is 53.0 Å². The molecule has 13 nitrogen and oxygen atoms in total. The fourth-order valence-electron chi connectivity index (χ4n) is 4.45. The maximum absolute atomic E-state index is 13.4. The van der Waals surface area contributed by atoms with Gasteiger partial charge in [0.15, 0.2) is 0 Å². The molecule has 1 aliphatic rings. The van der Waals surface area contributed by atoms with E-state index in [9.17, 15) is 39.3 Å². The average molecular weight is 578 g/mol. The number of nitrogens with one attached hydrogen (secondary N) is 5. The van der Waals surface area contributed by atoms with Gasteiger partial charge in [-0.1, -0.05) is 39.8 Å². The van der Waals surface area contributed by atoms with Crippen LogP contribution in [0.25, 0.3) is 0 Å². The van der Waals surface area contributed by atoms with Crippen molar-refractivity contribution in [2.24, 2.45) is 11.8 Å². The molecule has 0 bridgehead atoms. The van der Waals surface area contributed by atoms with Crippen LogP contribution < -0.4 is 26.6 Å². The van der Waals surface area contributed by atoms with Crippen molar-refractivity contribution in [2.75, 3.05) is 6.54 Å². The zero-order valence-electron chi connectivity index (χ0n) is 24.1. The summed E-state index contributed by atoms with van der Waals surface area (Å²) < 4.78 is 0. The van der Waals surface area contributed by atoms with E-state index < -0.39 is 71.8 Å². The van der Waals surface area contributed by atoms with Crippen LogP contribution in [0.3, 0.4) is 0 Å². The Morgan fingerprint density at radius 3 is 1.85 bits per heavy atom. The summed E-state index contributed by atoms with van der Waals surface area (Å²) in [6.45, 7) is 8.56. The van der Waals surface area contributed by atoms with Gasteiger partial charge in [-0.3, -0.25) is 19.2 Å². The fourth-order valence-corrected chi connectivity index (χ4v) is 4.45. The van der Waals surface area contributed by atoms with Gasteiger partial charge in [0.1, 0.15) is 29.9 Å². The molecule has 2 rings (SSSR count). The second kappa shape index (κ2) is 15.3. The third-order valence-corrected chi connectivity index (χ3v) is 6.93. The number of aliphatic hydroxyl groups excluding tert-OH is 1. The molecule has 13 heteroatoms. The number of carboxylic acids is 1. The first-order valence-corrected chi connectivity index (χ1v) is 13.8. The molecule has 4 amide bonds. The predicted octanol–water partition coefficient (Wildman–Crippen LogP) is -0.597. The van der Waals surface area contributed by atoms with E-state index in [-0.39, 0.29) is 18.1 Å². The minimum absolute atomic E-state index is 0.0339. The van der Waals surface area contributed by atoms with Gasteiger partial charge in [0, 0.05) is 6.42 Å². The Kier molecular flexibility index (Phi) is 12.5. The number of aliphatic hydroxyl groups is 1. The molecule has 228 valence electrons. The third-order valence-electron chi connectivity index (χ3n) is 6.93. The quantitative estimate of drug-likeness (QED) is 0.142. The molecule has 0 radical (unpaired) electrons. The van der Waals surface area contributed by atoms with Gasteiger partial charge < -0.3 is 41.9 Å². The molecule has 1 aromatic carbocycles. The fraction of sp³-hybridized carbons (Fsp3) is 0.607. The highest BCUT2D eigenvalue weighted by atomic mass is 16.4. The molecule has 1 aromatic rings. The molecule has 8 N–H and O–H groups in total. The standard InChI is InChI=1S/C28H43N5O8/c1-14(2)21(26(38)32-22(15(3)4)28(40)41)31-27(39)23(16(5)34)33-25(37)20(13-17-8-10-18(35)11-9-17)30-24(36)19-7-6-12-29-19/h8-11,14-16,19-23,29,34-35H,6-7,12-13H2,1-5H3,(H,30,36)(H,31,39)(H,32,38)(H,33,37)(H,40,41)/t16-,19+,20+,21+,22+,23+/m1/s1. The topological polar surface area (TPSA) is 206 Å². The van der Waals surface area contributed by atoms with Crippen LogP contribution in [-0.2, 0) is 30.4 Å². The Hall–Kier alpha value is -3.71. The Balaban J connectivity index is 2.21. The number of benzene rings is 1. The van der Waals surface area contributed by atoms with Crippen LogP contribution in [0.2, 0.25) is 0 Å². The predicted molar refractivity (Wildman–Crippen MR) is 150 cm³/mol. The van der Waals surface area contributed by atoms with Crippen LogP contribution in [0.15, 0.2) is 24.3 Å². The van der Waals surface area contributed by atoms with E-state index in [0.29, 0.717) is 18.5 Å². The Morgan fingerprint density at radius 1 is 0.829 bits per heavy atom. The summed E-state index contributed by atoms with van der Waals surface area (Å²) in [4.78, 5) is 63.9. The number of phenolic OH excluding ortho intramolecular Hbond substituents is 1. The number of carbonyl (C=O) groups excluding carboxylic acids is 4. The van der Waals surface area contributed by atoms with E-state index in [0.717, 1.165) is 6.42 Å². The van der Waals surface area contributed by atoms with Crippen molar-refractivity contribution in [3.05, 3.63) is 29.8 Å². The third kappa shape index (κ3) is 10.0. The lowest BCUT2D eigenvalue weighted by molar-refractivity contribution is -0.144. The number of aliphatic carboxylic acids is 1. The Morgan fingerprint density at radius 2 is 1.37 bits per heavy atom. The number of phenols is 1. The van der Waals surface area contributed by atoms with Gasteiger partial charge in [0.05, 0.1) is 12.1 Å².